The van der Waals surface area contributed by atoms with Gasteiger partial charge in [-0.2, -0.15) is 0 Å². The van der Waals surface area contributed by atoms with Crippen LogP contribution in [0.4, 0.5) is 0 Å². The molecule has 1 aromatic rings. The second-order valence-electron chi connectivity index (χ2n) is 8.97. The van der Waals surface area contributed by atoms with Crippen molar-refractivity contribution in [1.82, 2.24) is 0 Å². The van der Waals surface area contributed by atoms with Gasteiger partial charge in [0.25, 0.3) is 0 Å². The second kappa shape index (κ2) is 12.8. The molecular formula is C26H46GeO. The number of unbranched alkanes of at least 4 members (excludes halogenated alkanes) is 3. The van der Waals surface area contributed by atoms with Crippen LogP contribution in [0.3, 0.4) is 0 Å². The van der Waals surface area contributed by atoms with Crippen LogP contribution < -0.4 is 4.74 Å². The van der Waals surface area contributed by atoms with E-state index in [1.165, 1.54) is 59.8 Å². The van der Waals surface area contributed by atoms with E-state index in [4.69, 9.17) is 4.74 Å². The fraction of sp³-hybridized carbons (Fsp3) is 0.692. The maximum absolute atomic E-state index is 5.41. The Hall–Kier alpha value is -0.697. The van der Waals surface area contributed by atoms with E-state index in [-0.39, 0.29) is 5.41 Å². The first-order valence-electron chi connectivity index (χ1n) is 11.8. The molecule has 0 N–H and O–H groups in total. The third-order valence-corrected chi connectivity index (χ3v) is 18.9. The summed E-state index contributed by atoms with van der Waals surface area (Å²) >= 11 is -2.17. The Morgan fingerprint density at radius 1 is 0.857 bits per heavy atom. The third kappa shape index (κ3) is 6.68. The molecule has 2 heteroatoms. The van der Waals surface area contributed by atoms with Gasteiger partial charge in [0.05, 0.1) is 0 Å². The third-order valence-electron chi connectivity index (χ3n) is 6.49. The van der Waals surface area contributed by atoms with E-state index in [1.54, 1.807) is 7.11 Å². The Kier molecular flexibility index (Phi) is 11.6. The zero-order chi connectivity index (χ0) is 21.0. The van der Waals surface area contributed by atoms with Gasteiger partial charge in [0.2, 0.25) is 0 Å². The molecule has 0 spiro atoms. The molecular weight excluding hydrogens is 401 g/mol. The SMILES string of the molecule is CCC=[C](C(C)(C)c1ccc(OC)cc1)[Ge]([CH2]CCC)([CH2]CCC)[CH2]CCC. The van der Waals surface area contributed by atoms with Gasteiger partial charge in [0, 0.05) is 0 Å². The summed E-state index contributed by atoms with van der Waals surface area (Å²) in [5.41, 5.74) is 1.57. The van der Waals surface area contributed by atoms with Crippen LogP contribution in [0.15, 0.2) is 34.7 Å². The van der Waals surface area contributed by atoms with Crippen LogP contribution in [0.2, 0.25) is 15.8 Å². The molecule has 160 valence electrons. The minimum absolute atomic E-state index is 0.123. The number of allylic oxidation sites excluding steroid dienone is 2. The summed E-state index contributed by atoms with van der Waals surface area (Å²) in [6.07, 6.45) is 12.0. The van der Waals surface area contributed by atoms with Gasteiger partial charge >= 0.3 is 179 Å². The van der Waals surface area contributed by atoms with Crippen LogP contribution in [0.5, 0.6) is 5.75 Å². The van der Waals surface area contributed by atoms with Crippen LogP contribution in [-0.4, -0.2) is 20.4 Å². The first-order valence-corrected chi connectivity index (χ1v) is 17.3. The Labute approximate surface area is 178 Å². The average Bonchev–Trinajstić information content (AvgIpc) is 2.72. The number of benzene rings is 1. The minimum atomic E-state index is -2.17. The van der Waals surface area contributed by atoms with Crippen LogP contribution in [0.25, 0.3) is 0 Å². The monoisotopic (exact) mass is 448 g/mol. The molecule has 28 heavy (non-hydrogen) atoms. The van der Waals surface area contributed by atoms with Crippen LogP contribution in [0.1, 0.15) is 92.1 Å². The molecule has 1 rings (SSSR count). The summed E-state index contributed by atoms with van der Waals surface area (Å²) < 4.78 is 7.28. The molecule has 0 aliphatic carbocycles. The normalized spacial score (nSPS) is 13.0. The zero-order valence-corrected chi connectivity index (χ0v) is 22.0. The average molecular weight is 447 g/mol. The number of ether oxygens (including phenoxy) is 1. The van der Waals surface area contributed by atoms with Gasteiger partial charge in [-0.25, -0.2) is 0 Å². The molecule has 0 unspecified atom stereocenters. The summed E-state index contributed by atoms with van der Waals surface area (Å²) in [4.78, 5) is 0. The molecule has 0 aliphatic rings. The van der Waals surface area contributed by atoms with E-state index in [9.17, 15) is 0 Å². The van der Waals surface area contributed by atoms with Crippen molar-refractivity contribution in [3.05, 3.63) is 40.3 Å². The standard InChI is InChI=1S/C26H46GeO/c1-8-12-20-27(21-13-9-2,22-14-10-3)25(15-11-4)26(5,6)23-16-18-24(28-7)19-17-23/h15-19H,8-14,20-22H2,1-7H3. The molecule has 0 atom stereocenters. The summed E-state index contributed by atoms with van der Waals surface area (Å²) in [5, 5.41) is 4.55. The first kappa shape index (κ1) is 25.3. The van der Waals surface area contributed by atoms with Gasteiger partial charge in [-0.05, 0) is 0 Å². The Balaban J connectivity index is 3.46. The molecule has 0 aromatic heterocycles. The van der Waals surface area contributed by atoms with E-state index < -0.39 is 13.3 Å². The molecule has 0 bridgehead atoms. The fourth-order valence-electron chi connectivity index (χ4n) is 4.83. The van der Waals surface area contributed by atoms with Crippen LogP contribution >= 0.6 is 0 Å². The van der Waals surface area contributed by atoms with Crippen LogP contribution in [0, 0.1) is 0 Å². The van der Waals surface area contributed by atoms with Gasteiger partial charge in [-0.3, -0.25) is 0 Å². The molecule has 0 saturated carbocycles. The Bertz CT molecular complexity index is 549. The quantitative estimate of drug-likeness (QED) is 0.259. The molecule has 0 amide bonds. The van der Waals surface area contributed by atoms with Crippen molar-refractivity contribution in [1.29, 1.82) is 0 Å². The Morgan fingerprint density at radius 2 is 1.32 bits per heavy atom. The molecule has 1 nitrogen and oxygen atoms in total. The second-order valence-corrected chi connectivity index (χ2v) is 18.6. The molecule has 0 heterocycles. The van der Waals surface area contributed by atoms with Crippen LogP contribution in [-0.2, 0) is 5.41 Å². The van der Waals surface area contributed by atoms with Gasteiger partial charge in [0.1, 0.15) is 0 Å². The predicted molar refractivity (Wildman–Crippen MR) is 129 cm³/mol. The summed E-state index contributed by atoms with van der Waals surface area (Å²) in [5.74, 6) is 0.955. The van der Waals surface area contributed by atoms with Crippen molar-refractivity contribution < 1.29 is 4.74 Å². The number of rotatable bonds is 14. The van der Waals surface area contributed by atoms with Crippen molar-refractivity contribution in [2.24, 2.45) is 0 Å². The van der Waals surface area contributed by atoms with Gasteiger partial charge in [0.15, 0.2) is 0 Å². The van der Waals surface area contributed by atoms with E-state index in [0.29, 0.717) is 0 Å². The maximum atomic E-state index is 5.41. The number of hydrogen-bond acceptors (Lipinski definition) is 1. The van der Waals surface area contributed by atoms with Crippen molar-refractivity contribution in [3.63, 3.8) is 0 Å². The first-order chi connectivity index (χ1) is 13.4. The van der Waals surface area contributed by atoms with Crippen molar-refractivity contribution in [3.8, 4) is 5.75 Å². The fourth-order valence-corrected chi connectivity index (χ4v) is 19.0. The van der Waals surface area contributed by atoms with Crippen molar-refractivity contribution in [2.75, 3.05) is 7.11 Å². The predicted octanol–water partition coefficient (Wildman–Crippen LogP) is 8.70. The summed E-state index contributed by atoms with van der Waals surface area (Å²) in [6, 6.07) is 8.88. The summed E-state index contributed by atoms with van der Waals surface area (Å²) in [7, 11) is 1.75. The van der Waals surface area contributed by atoms with Crippen molar-refractivity contribution >= 4 is 13.3 Å². The van der Waals surface area contributed by atoms with E-state index in [2.05, 4.69) is 71.9 Å². The van der Waals surface area contributed by atoms with Gasteiger partial charge in [-0.15, -0.1) is 0 Å². The topological polar surface area (TPSA) is 9.23 Å². The zero-order valence-electron chi connectivity index (χ0n) is 19.9. The number of hydrogen-bond donors (Lipinski definition) is 0. The van der Waals surface area contributed by atoms with E-state index in [0.717, 1.165) is 12.2 Å². The molecule has 0 radical (unpaired) electrons. The molecule has 1 aromatic carbocycles. The molecule has 0 fully saturated rings. The van der Waals surface area contributed by atoms with Crippen molar-refractivity contribution in [2.45, 2.75) is 108 Å². The Morgan fingerprint density at radius 3 is 1.68 bits per heavy atom. The molecule has 0 aliphatic heterocycles. The number of methoxy groups -OCH3 is 1. The summed E-state index contributed by atoms with van der Waals surface area (Å²) in [6.45, 7) is 14.4. The van der Waals surface area contributed by atoms with E-state index in [1.807, 2.05) is 4.41 Å². The van der Waals surface area contributed by atoms with Gasteiger partial charge in [-0.1, -0.05) is 0 Å². The van der Waals surface area contributed by atoms with E-state index >= 15 is 0 Å². The molecule has 0 saturated heterocycles. The van der Waals surface area contributed by atoms with Gasteiger partial charge < -0.3 is 0 Å².